The molecule has 0 bridgehead atoms. The summed E-state index contributed by atoms with van der Waals surface area (Å²) in [4.78, 5) is 0. The monoisotopic (exact) mass is 254 g/mol. The summed E-state index contributed by atoms with van der Waals surface area (Å²) in [5.41, 5.74) is 0. The molecule has 0 spiro atoms. The number of rotatable bonds is 0. The zero-order valence-corrected chi connectivity index (χ0v) is 9.28. The summed E-state index contributed by atoms with van der Waals surface area (Å²) in [6, 6.07) is 0. The zero-order valence-electron chi connectivity index (χ0n) is 2.22. The summed E-state index contributed by atoms with van der Waals surface area (Å²) < 4.78 is 0. The van der Waals surface area contributed by atoms with Crippen molar-refractivity contribution in [2.75, 3.05) is 0 Å². The molecular weight excluding hydrogens is 254 g/mol. The standard InChI is InChI=1S/Cd.4ClH/h;4*1H/q+4;;;;/p-4. The van der Waals surface area contributed by atoms with Gasteiger partial charge in [-0.2, -0.15) is 0 Å². The number of hydrogen-bond donors (Lipinski definition) is 0. The summed E-state index contributed by atoms with van der Waals surface area (Å²) in [5, 5.41) is 0. The van der Waals surface area contributed by atoms with Crippen LogP contribution in [-0.4, -0.2) is 0 Å². The van der Waals surface area contributed by atoms with Crippen LogP contribution in [0.2, 0.25) is 0 Å². The van der Waals surface area contributed by atoms with Crippen molar-refractivity contribution in [3.8, 4) is 0 Å². The van der Waals surface area contributed by atoms with Crippen LogP contribution in [-0.2, 0) is 16.3 Å². The number of hydrogen-bond acceptors (Lipinski definition) is 0. The molecular formula is CdCl4. The zero-order chi connectivity index (χ0) is 4.50. The molecule has 0 aromatic carbocycles. The Morgan fingerprint density at radius 3 is 0.800 bits per heavy atom. The van der Waals surface area contributed by atoms with Crippen LogP contribution in [0.25, 0.3) is 0 Å². The fourth-order valence-electron chi connectivity index (χ4n) is 0. The van der Waals surface area contributed by atoms with E-state index in [1.165, 1.54) is 0 Å². The molecule has 0 unspecified atom stereocenters. The minimum absolute atomic E-state index is 3.45. The van der Waals surface area contributed by atoms with E-state index < -0.39 is 16.3 Å². The van der Waals surface area contributed by atoms with Gasteiger partial charge in [-0.3, -0.25) is 0 Å². The van der Waals surface area contributed by atoms with E-state index in [0.29, 0.717) is 0 Å². The van der Waals surface area contributed by atoms with Crippen LogP contribution in [0.3, 0.4) is 0 Å². The van der Waals surface area contributed by atoms with Gasteiger partial charge in [-0.1, -0.05) is 0 Å². The van der Waals surface area contributed by atoms with Crippen molar-refractivity contribution in [3.05, 3.63) is 0 Å². The molecule has 0 radical (unpaired) electrons. The van der Waals surface area contributed by atoms with Crippen LogP contribution in [0.4, 0.5) is 0 Å². The summed E-state index contributed by atoms with van der Waals surface area (Å²) in [6.07, 6.45) is 0. The Bertz CT molecular complexity index is 19.1. The van der Waals surface area contributed by atoms with Crippen molar-refractivity contribution in [3.63, 3.8) is 0 Å². The third kappa shape index (κ3) is 23.4. The molecule has 0 N–H and O–H groups in total. The predicted octanol–water partition coefficient (Wildman–Crippen LogP) is 2.76. The second kappa shape index (κ2) is 2.40. The SMILES string of the molecule is [Cl][Cd]([Cl])([Cl])[Cl]. The molecule has 0 heterocycles. The number of halogens is 4. The van der Waals surface area contributed by atoms with Crippen LogP contribution in [0, 0.1) is 0 Å². The molecule has 0 aliphatic heterocycles. The van der Waals surface area contributed by atoms with Crippen LogP contribution >= 0.6 is 33.3 Å². The van der Waals surface area contributed by atoms with Crippen LogP contribution in [0.1, 0.15) is 0 Å². The Morgan fingerprint density at radius 1 is 0.800 bits per heavy atom. The van der Waals surface area contributed by atoms with Gasteiger partial charge in [0.2, 0.25) is 0 Å². The molecule has 0 saturated heterocycles. The molecule has 0 rings (SSSR count). The molecule has 0 nitrogen and oxygen atoms in total. The van der Waals surface area contributed by atoms with E-state index in [-0.39, 0.29) is 0 Å². The maximum absolute atomic E-state index is 5.06. The first-order valence-corrected chi connectivity index (χ1v) is 21.5. The Morgan fingerprint density at radius 2 is 0.800 bits per heavy atom. The Hall–Kier alpha value is 2.08. The van der Waals surface area contributed by atoms with Gasteiger partial charge in [0.1, 0.15) is 0 Å². The molecule has 0 aliphatic rings. The van der Waals surface area contributed by atoms with Crippen molar-refractivity contribution in [2.24, 2.45) is 0 Å². The van der Waals surface area contributed by atoms with Gasteiger partial charge in [0, 0.05) is 0 Å². The second-order valence-electron chi connectivity index (χ2n) is 0.606. The molecule has 0 amide bonds. The molecule has 0 fully saturated rings. The third-order valence-electron chi connectivity index (χ3n) is 0. The van der Waals surface area contributed by atoms with E-state index in [4.69, 9.17) is 33.3 Å². The van der Waals surface area contributed by atoms with E-state index in [1.54, 1.807) is 0 Å². The fraction of sp³-hybridized carbons (Fsp3) is 0. The minimum atomic E-state index is -3.45. The van der Waals surface area contributed by atoms with E-state index in [2.05, 4.69) is 0 Å². The summed E-state index contributed by atoms with van der Waals surface area (Å²) in [5.74, 6) is 0. The molecule has 30 valence electrons. The topological polar surface area (TPSA) is 0 Å². The second-order valence-corrected chi connectivity index (χ2v) is 36.6. The Labute approximate surface area is 48.9 Å². The molecule has 5 heavy (non-hydrogen) atoms. The summed E-state index contributed by atoms with van der Waals surface area (Å²) in [6.45, 7) is 0. The summed E-state index contributed by atoms with van der Waals surface area (Å²) in [7, 11) is 20.2. The molecule has 5 heteroatoms. The van der Waals surface area contributed by atoms with Gasteiger partial charge in [-0.15, -0.1) is 0 Å². The average Bonchev–Trinajstić information content (AvgIpc) is 0.722. The normalized spacial score (nSPS) is 8.80. The third-order valence-corrected chi connectivity index (χ3v) is 0. The molecule has 0 aromatic rings. The van der Waals surface area contributed by atoms with Gasteiger partial charge in [-0.05, 0) is 0 Å². The van der Waals surface area contributed by atoms with Gasteiger partial charge in [-0.25, -0.2) is 0 Å². The first-order chi connectivity index (χ1) is 2.00. The van der Waals surface area contributed by atoms with Gasteiger partial charge in [0.25, 0.3) is 0 Å². The van der Waals surface area contributed by atoms with Gasteiger partial charge in [0.05, 0.1) is 0 Å². The molecule has 0 atom stereocenters. The first kappa shape index (κ1) is 7.08. The van der Waals surface area contributed by atoms with Crippen LogP contribution < -0.4 is 0 Å². The van der Waals surface area contributed by atoms with Crippen molar-refractivity contribution < 1.29 is 16.3 Å². The maximum atomic E-state index is 5.06. The molecule has 0 aliphatic carbocycles. The first-order valence-electron chi connectivity index (χ1n) is 1.07. The van der Waals surface area contributed by atoms with Crippen LogP contribution in [0.15, 0.2) is 0 Å². The molecule has 0 saturated carbocycles. The van der Waals surface area contributed by atoms with E-state index in [9.17, 15) is 0 Å². The van der Waals surface area contributed by atoms with Gasteiger partial charge in [0.15, 0.2) is 0 Å². The van der Waals surface area contributed by atoms with Gasteiger partial charge < -0.3 is 0 Å². The van der Waals surface area contributed by atoms with E-state index in [1.807, 2.05) is 0 Å². The van der Waals surface area contributed by atoms with Crippen LogP contribution in [0.5, 0.6) is 0 Å². The quantitative estimate of drug-likeness (QED) is 0.583. The van der Waals surface area contributed by atoms with Crippen molar-refractivity contribution >= 4 is 33.3 Å². The van der Waals surface area contributed by atoms with Crippen molar-refractivity contribution in [1.82, 2.24) is 0 Å². The predicted molar refractivity (Wildman–Crippen MR) is 23.4 cm³/mol. The fourth-order valence-corrected chi connectivity index (χ4v) is 0. The Kier molecular flexibility index (Phi) is 3.41. The van der Waals surface area contributed by atoms with E-state index >= 15 is 0 Å². The summed E-state index contributed by atoms with van der Waals surface area (Å²) >= 11 is -3.45. The van der Waals surface area contributed by atoms with Crippen molar-refractivity contribution in [2.45, 2.75) is 0 Å². The van der Waals surface area contributed by atoms with Gasteiger partial charge >= 0.3 is 49.5 Å². The Balaban J connectivity index is 3.02. The van der Waals surface area contributed by atoms with E-state index in [0.717, 1.165) is 0 Å². The average molecular weight is 254 g/mol. The van der Waals surface area contributed by atoms with Crippen molar-refractivity contribution in [1.29, 1.82) is 0 Å². The molecule has 0 aromatic heterocycles.